The first-order chi connectivity index (χ1) is 21.8. The minimum atomic E-state index is -1.93. The lowest BCUT2D eigenvalue weighted by Crippen LogP contribution is -2.49. The van der Waals surface area contributed by atoms with E-state index in [9.17, 15) is 45.0 Å². The number of hydrogen-bond acceptors (Lipinski definition) is 12. The van der Waals surface area contributed by atoms with E-state index in [1.807, 2.05) is 0 Å². The van der Waals surface area contributed by atoms with Gasteiger partial charge in [0.2, 0.25) is 5.78 Å². The van der Waals surface area contributed by atoms with Gasteiger partial charge in [0.15, 0.2) is 12.1 Å². The Hall–Kier alpha value is -4.66. The van der Waals surface area contributed by atoms with E-state index in [-0.39, 0.29) is 40.8 Å². The van der Waals surface area contributed by atoms with Crippen molar-refractivity contribution >= 4 is 23.2 Å². The van der Waals surface area contributed by atoms with Crippen LogP contribution >= 0.6 is 0 Å². The molecule has 13 nitrogen and oxygen atoms in total. The van der Waals surface area contributed by atoms with Gasteiger partial charge in [0.05, 0.1) is 40.7 Å². The maximum Gasteiger partial charge on any atom is 0.271 e. The second-order valence-electron chi connectivity index (χ2n) is 11.8. The van der Waals surface area contributed by atoms with Crippen LogP contribution in [-0.4, -0.2) is 84.0 Å². The Morgan fingerprint density at radius 3 is 2.37 bits per heavy atom. The number of aliphatic hydroxyl groups excluding tert-OH is 2. The first-order valence-corrected chi connectivity index (χ1v) is 14.6. The van der Waals surface area contributed by atoms with Crippen LogP contribution in [0.15, 0.2) is 53.6 Å². The predicted octanol–water partition coefficient (Wildman–Crippen LogP) is 1.98. The van der Waals surface area contributed by atoms with Gasteiger partial charge in [-0.15, -0.1) is 0 Å². The second kappa shape index (κ2) is 11.6. The molecule has 1 heterocycles. The molecule has 1 fully saturated rings. The van der Waals surface area contributed by atoms with Crippen LogP contribution in [-0.2, 0) is 15.9 Å². The molecule has 1 aliphatic heterocycles. The molecule has 46 heavy (non-hydrogen) atoms. The summed E-state index contributed by atoms with van der Waals surface area (Å²) in [4.78, 5) is 39.9. The van der Waals surface area contributed by atoms with Gasteiger partial charge in [0, 0.05) is 41.5 Å². The van der Waals surface area contributed by atoms with Crippen LogP contribution in [0.2, 0.25) is 0 Å². The highest BCUT2D eigenvalue weighted by Gasteiger charge is 2.49. The van der Waals surface area contributed by atoms with Crippen molar-refractivity contribution in [3.63, 3.8) is 0 Å². The van der Waals surface area contributed by atoms with Crippen molar-refractivity contribution < 1.29 is 54.5 Å². The molecule has 1 saturated heterocycles. The molecule has 0 bridgehead atoms. The average molecular weight is 633 g/mol. The molecule has 7 N–H and O–H groups in total. The number of phenolic OH excluding ortho intramolecular Hbond substituents is 3. The molecule has 0 aromatic heterocycles. The van der Waals surface area contributed by atoms with Crippen LogP contribution in [0.5, 0.6) is 17.2 Å². The molecule has 6 atom stereocenters. The monoisotopic (exact) mass is 632 g/mol. The number of nitrogens with zero attached hydrogens (tertiary/aromatic N) is 1. The third-order valence-electron chi connectivity index (χ3n) is 8.90. The molecule has 0 radical (unpaired) electrons. The molecule has 13 heteroatoms. The summed E-state index contributed by atoms with van der Waals surface area (Å²) in [6, 6.07) is 12.1. The van der Waals surface area contributed by atoms with Gasteiger partial charge in [-0.3, -0.25) is 14.4 Å². The first kappa shape index (κ1) is 31.3. The fraction of sp³-hybridized carbons (Fsp3) is 0.333. The number of rotatable bonds is 5. The summed E-state index contributed by atoms with van der Waals surface area (Å²) in [5.74, 6) is -4.15. The first-order valence-electron chi connectivity index (χ1n) is 14.6. The van der Waals surface area contributed by atoms with E-state index in [1.165, 1.54) is 32.0 Å². The van der Waals surface area contributed by atoms with E-state index in [0.717, 1.165) is 0 Å². The zero-order valence-electron chi connectivity index (χ0n) is 24.8. The minimum Gasteiger partial charge on any atom is -0.507 e. The number of carbonyl (C=O) groups is 3. The number of hydrogen-bond donors (Lipinski definition) is 7. The lowest BCUT2D eigenvalue weighted by atomic mass is 9.72. The van der Waals surface area contributed by atoms with Crippen molar-refractivity contribution in [1.29, 1.82) is 0 Å². The number of hydrazone groups is 1. The van der Waals surface area contributed by atoms with Gasteiger partial charge >= 0.3 is 0 Å². The number of carbonyl (C=O) groups excluding carboxylic acids is 3. The van der Waals surface area contributed by atoms with Gasteiger partial charge in [-0.1, -0.05) is 30.3 Å². The van der Waals surface area contributed by atoms with E-state index >= 15 is 0 Å². The van der Waals surface area contributed by atoms with Gasteiger partial charge in [0.1, 0.15) is 29.0 Å². The van der Waals surface area contributed by atoms with Crippen molar-refractivity contribution in [1.82, 2.24) is 5.43 Å². The zero-order chi connectivity index (χ0) is 33.1. The third-order valence-corrected chi connectivity index (χ3v) is 8.90. The fourth-order valence-electron chi connectivity index (χ4n) is 6.34. The molecular formula is C33H32N2O11. The number of ketones is 2. The highest BCUT2D eigenvalue weighted by molar-refractivity contribution is 6.31. The number of nitrogens with one attached hydrogen (secondary N) is 1. The largest absolute Gasteiger partial charge is 0.507 e. The number of aliphatic hydroxyl groups is 3. The Morgan fingerprint density at radius 1 is 0.978 bits per heavy atom. The van der Waals surface area contributed by atoms with Crippen molar-refractivity contribution in [3.8, 4) is 17.2 Å². The molecule has 0 saturated carbocycles. The summed E-state index contributed by atoms with van der Waals surface area (Å²) in [7, 11) is 0. The average Bonchev–Trinajstić information content (AvgIpc) is 3.02. The number of benzene rings is 3. The lowest BCUT2D eigenvalue weighted by molar-refractivity contribution is -0.265. The summed E-state index contributed by atoms with van der Waals surface area (Å²) in [5.41, 5.74) is -1.01. The van der Waals surface area contributed by atoms with E-state index in [4.69, 9.17) is 9.47 Å². The van der Waals surface area contributed by atoms with E-state index in [0.29, 0.717) is 5.56 Å². The van der Waals surface area contributed by atoms with Crippen molar-refractivity contribution in [2.75, 3.05) is 0 Å². The minimum absolute atomic E-state index is 0.00120. The van der Waals surface area contributed by atoms with Crippen LogP contribution in [0, 0.1) is 0 Å². The smallest absolute Gasteiger partial charge is 0.271 e. The molecular weight excluding hydrogens is 600 g/mol. The van der Waals surface area contributed by atoms with Crippen LogP contribution < -0.4 is 5.43 Å². The summed E-state index contributed by atoms with van der Waals surface area (Å²) >= 11 is 0. The highest BCUT2D eigenvalue weighted by atomic mass is 16.7. The second-order valence-corrected chi connectivity index (χ2v) is 11.8. The van der Waals surface area contributed by atoms with Gasteiger partial charge < -0.3 is 40.1 Å². The molecule has 0 unspecified atom stereocenters. The van der Waals surface area contributed by atoms with Crippen molar-refractivity contribution in [2.45, 2.75) is 69.4 Å². The number of fused-ring (bicyclic) bond motifs is 3. The molecule has 1 amide bonds. The lowest BCUT2D eigenvalue weighted by Gasteiger charge is -2.42. The molecule has 0 spiro atoms. The Bertz CT molecular complexity index is 1780. The van der Waals surface area contributed by atoms with E-state index in [2.05, 4.69) is 10.5 Å². The van der Waals surface area contributed by atoms with Gasteiger partial charge in [-0.05, 0) is 32.0 Å². The van der Waals surface area contributed by atoms with E-state index < -0.39 is 88.6 Å². The number of phenols is 3. The fourth-order valence-corrected chi connectivity index (χ4v) is 6.34. The Balaban J connectivity index is 1.45. The Labute approximate surface area is 262 Å². The van der Waals surface area contributed by atoms with Gasteiger partial charge in [-0.25, -0.2) is 5.43 Å². The Morgan fingerprint density at radius 2 is 1.67 bits per heavy atom. The van der Waals surface area contributed by atoms with Crippen molar-refractivity contribution in [3.05, 3.63) is 87.5 Å². The SMILES string of the molecule is C/C(=N\NC(=O)c1ccccc1)[C@]1(O)Cc2c(O)c3c(c(O)c2[C@@H](O[C@H]2C[C@H](O)[C@H](O)[C@H](C)O2)C1)C(=O)c1c(O)cccc1C3=O. The Kier molecular flexibility index (Phi) is 7.90. The summed E-state index contributed by atoms with van der Waals surface area (Å²) in [6.45, 7) is 2.96. The topological polar surface area (TPSA) is 215 Å². The molecule has 6 rings (SSSR count). The van der Waals surface area contributed by atoms with Crippen LogP contribution in [0.25, 0.3) is 0 Å². The molecule has 3 aliphatic rings. The van der Waals surface area contributed by atoms with E-state index in [1.54, 1.807) is 30.3 Å². The third kappa shape index (κ3) is 5.11. The van der Waals surface area contributed by atoms with Crippen LogP contribution in [0.4, 0.5) is 0 Å². The van der Waals surface area contributed by atoms with Gasteiger partial charge in [-0.2, -0.15) is 5.10 Å². The molecule has 2 aliphatic carbocycles. The van der Waals surface area contributed by atoms with Crippen LogP contribution in [0.3, 0.4) is 0 Å². The van der Waals surface area contributed by atoms with Gasteiger partial charge in [0.25, 0.3) is 5.91 Å². The molecule has 240 valence electrons. The van der Waals surface area contributed by atoms with Crippen molar-refractivity contribution in [2.24, 2.45) is 5.10 Å². The summed E-state index contributed by atoms with van der Waals surface area (Å²) in [6.07, 6.45) is -6.70. The normalized spacial score (nSPS) is 27.4. The number of amides is 1. The van der Waals surface area contributed by atoms with Crippen LogP contribution in [0.1, 0.15) is 86.1 Å². The molecule has 3 aromatic rings. The highest BCUT2D eigenvalue weighted by Crippen LogP contribution is 2.52. The quantitative estimate of drug-likeness (QED) is 0.0959. The maximum atomic E-state index is 13.6. The summed E-state index contributed by atoms with van der Waals surface area (Å²) in [5, 5.41) is 70.2. The summed E-state index contributed by atoms with van der Waals surface area (Å²) < 4.78 is 11.9. The number of aromatic hydroxyl groups is 3. The maximum absolute atomic E-state index is 13.6. The standard InChI is InChI=1S/C33H32N2O11/c1-14-27(38)20(37)11-22(45-14)46-21-13-33(44,15(2)34-35-32(43)16-7-4-3-5-8-16)12-18-24(21)31(42)26-25(29(18)40)28(39)17-9-6-10-19(36)23(17)30(26)41/h3-10,14,20-22,27,36-38,40,42,44H,11-13H2,1-2H3,(H,35,43)/b34-15+/t14-,20-,21-,22-,27+,33-/m0/s1. The zero-order valence-corrected chi connectivity index (χ0v) is 24.8. The predicted molar refractivity (Wildman–Crippen MR) is 160 cm³/mol. The molecule has 3 aromatic carbocycles. The number of ether oxygens (including phenoxy) is 2.